The number of rotatable bonds is 3. The maximum absolute atomic E-state index is 12.6. The van der Waals surface area contributed by atoms with Gasteiger partial charge in [0.05, 0.1) is 5.39 Å². The first-order valence-corrected chi connectivity index (χ1v) is 7.70. The predicted octanol–water partition coefficient (Wildman–Crippen LogP) is 0.977. The molecule has 7 heteroatoms. The van der Waals surface area contributed by atoms with Crippen molar-refractivity contribution in [2.45, 2.75) is 46.2 Å². The number of carbonyl (C=O) groups excluding carboxylic acids is 1. The normalized spacial score (nSPS) is 11.9. The molecule has 0 atom stereocenters. The van der Waals surface area contributed by atoms with Crippen LogP contribution in [0.2, 0.25) is 0 Å². The number of nitrogens with one attached hydrogen (secondary N) is 1. The van der Waals surface area contributed by atoms with E-state index >= 15 is 0 Å². The van der Waals surface area contributed by atoms with Crippen molar-refractivity contribution in [3.8, 4) is 0 Å². The van der Waals surface area contributed by atoms with Crippen LogP contribution in [-0.4, -0.2) is 25.1 Å². The lowest BCUT2D eigenvalue weighted by molar-refractivity contribution is 0.0910. The first-order valence-electron chi connectivity index (χ1n) is 7.70. The lowest BCUT2D eigenvalue weighted by atomic mass is 10.1. The van der Waals surface area contributed by atoms with Crippen LogP contribution < -0.4 is 16.6 Å². The highest BCUT2D eigenvalue weighted by Gasteiger charge is 2.23. The second-order valence-corrected chi connectivity index (χ2v) is 6.83. The molecule has 1 amide bonds. The number of amides is 1. The molecule has 0 bridgehead atoms. The number of carbonyl (C=O) groups is 1. The van der Waals surface area contributed by atoms with Gasteiger partial charge in [0.2, 0.25) is 0 Å². The topological polar surface area (TPSA) is 78.0 Å². The summed E-state index contributed by atoms with van der Waals surface area (Å²) in [6.07, 6.45) is 0.781. The zero-order chi connectivity index (χ0) is 17.5. The minimum Gasteiger partial charge on any atom is -0.346 e. The van der Waals surface area contributed by atoms with Gasteiger partial charge >= 0.3 is 5.69 Å². The Labute approximate surface area is 134 Å². The van der Waals surface area contributed by atoms with Gasteiger partial charge in [-0.15, -0.1) is 0 Å². The Kier molecular flexibility index (Phi) is 4.24. The van der Waals surface area contributed by atoms with E-state index in [-0.39, 0.29) is 17.0 Å². The molecule has 0 spiro atoms. The molecule has 0 radical (unpaired) electrons. The van der Waals surface area contributed by atoms with Crippen LogP contribution in [0.1, 0.15) is 44.6 Å². The largest absolute Gasteiger partial charge is 0.346 e. The van der Waals surface area contributed by atoms with Gasteiger partial charge in [-0.05, 0) is 33.3 Å². The van der Waals surface area contributed by atoms with E-state index in [2.05, 4.69) is 5.32 Å². The average Bonchev–Trinajstić information content (AvgIpc) is 2.81. The van der Waals surface area contributed by atoms with E-state index in [1.54, 1.807) is 17.7 Å². The molecule has 0 saturated carbocycles. The number of aromatic nitrogens is 3. The Hall–Kier alpha value is -2.31. The number of fused-ring (bicyclic) bond motifs is 1. The quantitative estimate of drug-likeness (QED) is 0.915. The van der Waals surface area contributed by atoms with Crippen molar-refractivity contribution in [2.24, 2.45) is 14.1 Å². The van der Waals surface area contributed by atoms with Gasteiger partial charge in [0.25, 0.3) is 11.5 Å². The van der Waals surface area contributed by atoms with Gasteiger partial charge < -0.3 is 9.88 Å². The molecule has 0 saturated heterocycles. The summed E-state index contributed by atoms with van der Waals surface area (Å²) in [5, 5.41) is 3.28. The minimum atomic E-state index is -0.402. The van der Waals surface area contributed by atoms with Crippen LogP contribution >= 0.6 is 0 Å². The fourth-order valence-electron chi connectivity index (χ4n) is 2.68. The summed E-state index contributed by atoms with van der Waals surface area (Å²) in [5.41, 5.74) is -0.292. The summed E-state index contributed by atoms with van der Waals surface area (Å²) in [6, 6.07) is 1.58. The molecule has 2 rings (SSSR count). The Morgan fingerprint density at radius 1 is 1.17 bits per heavy atom. The first-order chi connectivity index (χ1) is 10.6. The van der Waals surface area contributed by atoms with Gasteiger partial charge in [0.15, 0.2) is 0 Å². The Morgan fingerprint density at radius 2 is 1.78 bits per heavy atom. The van der Waals surface area contributed by atoms with Gasteiger partial charge in [-0.2, -0.15) is 0 Å². The third kappa shape index (κ3) is 2.95. The first kappa shape index (κ1) is 17.1. The SMILES string of the molecule is CCCn1c(C(=O)NC(C)(C)C)cc2c(=O)n(C)c(=O)n(C)c21. The molecule has 2 aromatic rings. The van der Waals surface area contributed by atoms with E-state index in [1.165, 1.54) is 11.6 Å². The molecule has 0 fully saturated rings. The molecule has 0 unspecified atom stereocenters. The fraction of sp³-hybridized carbons (Fsp3) is 0.562. The van der Waals surface area contributed by atoms with Gasteiger partial charge in [0, 0.05) is 26.2 Å². The minimum absolute atomic E-state index is 0.253. The third-order valence-electron chi connectivity index (χ3n) is 3.66. The van der Waals surface area contributed by atoms with Crippen LogP contribution in [0.15, 0.2) is 15.7 Å². The molecule has 2 aromatic heterocycles. The maximum Gasteiger partial charge on any atom is 0.332 e. The van der Waals surface area contributed by atoms with Crippen LogP contribution in [0.5, 0.6) is 0 Å². The van der Waals surface area contributed by atoms with Crippen LogP contribution in [0.3, 0.4) is 0 Å². The van der Waals surface area contributed by atoms with Crippen molar-refractivity contribution in [3.05, 3.63) is 32.6 Å². The van der Waals surface area contributed by atoms with Gasteiger partial charge in [-0.1, -0.05) is 6.92 Å². The van der Waals surface area contributed by atoms with Crippen LogP contribution in [-0.2, 0) is 20.6 Å². The Morgan fingerprint density at radius 3 is 2.30 bits per heavy atom. The van der Waals surface area contributed by atoms with Crippen LogP contribution in [0.25, 0.3) is 11.0 Å². The monoisotopic (exact) mass is 320 g/mol. The summed E-state index contributed by atoms with van der Waals surface area (Å²) in [5.74, 6) is -0.253. The third-order valence-corrected chi connectivity index (χ3v) is 3.66. The summed E-state index contributed by atoms with van der Waals surface area (Å²) >= 11 is 0. The van der Waals surface area contributed by atoms with E-state index < -0.39 is 5.69 Å². The lowest BCUT2D eigenvalue weighted by Gasteiger charge is -2.21. The number of hydrogen-bond donors (Lipinski definition) is 1. The van der Waals surface area contributed by atoms with Crippen LogP contribution in [0, 0.1) is 0 Å². The summed E-state index contributed by atoms with van der Waals surface area (Å²) in [4.78, 5) is 37.2. The molecular weight excluding hydrogens is 296 g/mol. The summed E-state index contributed by atoms with van der Waals surface area (Å²) < 4.78 is 4.23. The highest BCUT2D eigenvalue weighted by molar-refractivity contribution is 5.98. The highest BCUT2D eigenvalue weighted by atomic mass is 16.2. The van der Waals surface area contributed by atoms with Crippen molar-refractivity contribution in [2.75, 3.05) is 0 Å². The van der Waals surface area contributed by atoms with Crippen molar-refractivity contribution in [1.29, 1.82) is 0 Å². The van der Waals surface area contributed by atoms with Crippen molar-refractivity contribution in [1.82, 2.24) is 19.0 Å². The molecule has 0 aliphatic heterocycles. The number of nitrogens with zero attached hydrogens (tertiary/aromatic N) is 3. The summed E-state index contributed by atoms with van der Waals surface area (Å²) in [6.45, 7) is 8.22. The van der Waals surface area contributed by atoms with E-state index in [9.17, 15) is 14.4 Å². The highest BCUT2D eigenvalue weighted by Crippen LogP contribution is 2.17. The van der Waals surface area contributed by atoms with Gasteiger partial charge in [-0.25, -0.2) is 4.79 Å². The molecular formula is C16H24N4O3. The predicted molar refractivity (Wildman–Crippen MR) is 89.9 cm³/mol. The molecule has 1 N–H and O–H groups in total. The molecule has 0 aromatic carbocycles. The van der Waals surface area contributed by atoms with Crippen LogP contribution in [0.4, 0.5) is 0 Å². The Bertz CT molecular complexity index is 878. The molecule has 23 heavy (non-hydrogen) atoms. The van der Waals surface area contributed by atoms with E-state index in [1.807, 2.05) is 27.7 Å². The molecule has 7 nitrogen and oxygen atoms in total. The molecule has 0 aliphatic carbocycles. The fourth-order valence-corrected chi connectivity index (χ4v) is 2.68. The van der Waals surface area contributed by atoms with Crippen molar-refractivity contribution >= 4 is 16.9 Å². The average molecular weight is 320 g/mol. The van der Waals surface area contributed by atoms with Crippen molar-refractivity contribution < 1.29 is 4.79 Å². The smallest absolute Gasteiger partial charge is 0.332 e. The Balaban J connectivity index is 2.81. The maximum atomic E-state index is 12.6. The number of hydrogen-bond acceptors (Lipinski definition) is 3. The summed E-state index contributed by atoms with van der Waals surface area (Å²) in [7, 11) is 3.05. The molecule has 0 aliphatic rings. The van der Waals surface area contributed by atoms with E-state index in [0.29, 0.717) is 23.3 Å². The molecule has 126 valence electrons. The van der Waals surface area contributed by atoms with Crippen molar-refractivity contribution in [3.63, 3.8) is 0 Å². The van der Waals surface area contributed by atoms with E-state index in [4.69, 9.17) is 0 Å². The van der Waals surface area contributed by atoms with Gasteiger partial charge in [-0.3, -0.25) is 18.7 Å². The zero-order valence-electron chi connectivity index (χ0n) is 14.6. The standard InChI is InChI=1S/C16H24N4O3/c1-7-8-20-11(12(21)17-16(2,3)4)9-10-13(20)18(5)15(23)19(6)14(10)22/h9H,7-8H2,1-6H3,(H,17,21). The lowest BCUT2D eigenvalue weighted by Crippen LogP contribution is -2.41. The van der Waals surface area contributed by atoms with Gasteiger partial charge in [0.1, 0.15) is 11.3 Å². The molecule has 2 heterocycles. The second-order valence-electron chi connectivity index (χ2n) is 6.83. The second kappa shape index (κ2) is 5.72. The van der Waals surface area contributed by atoms with E-state index in [0.717, 1.165) is 11.0 Å². The zero-order valence-corrected chi connectivity index (χ0v) is 14.6. The number of aryl methyl sites for hydroxylation is 2.